The average Bonchev–Trinajstić information content (AvgIpc) is 2.63. The number of hydrogen-bond donors (Lipinski definition) is 1. The molecule has 7 heteroatoms. The van der Waals surface area contributed by atoms with Gasteiger partial charge in [-0.1, -0.05) is 29.8 Å². The number of carbonyl (C=O) groups excluding carboxylic acids is 2. The van der Waals surface area contributed by atoms with E-state index in [4.69, 9.17) is 16.3 Å². The molecule has 5 nitrogen and oxygen atoms in total. The largest absolute Gasteiger partial charge is 0.452 e. The Kier molecular flexibility index (Phi) is 5.37. The second kappa shape index (κ2) is 7.72. The fourth-order valence-electron chi connectivity index (χ4n) is 2.81. The van der Waals surface area contributed by atoms with E-state index in [0.29, 0.717) is 16.9 Å². The number of amides is 1. The first-order valence-electron chi connectivity index (χ1n) is 8.15. The molecule has 2 aromatic carbocycles. The van der Waals surface area contributed by atoms with E-state index in [-0.39, 0.29) is 5.02 Å². The van der Waals surface area contributed by atoms with Crippen LogP contribution in [0.25, 0.3) is 10.9 Å². The molecule has 1 aromatic heterocycles. The number of benzene rings is 2. The summed E-state index contributed by atoms with van der Waals surface area (Å²) in [4.78, 5) is 28.9. The zero-order valence-corrected chi connectivity index (χ0v) is 15.4. The highest BCUT2D eigenvalue weighted by Crippen LogP contribution is 2.23. The van der Waals surface area contributed by atoms with Gasteiger partial charge >= 0.3 is 5.97 Å². The summed E-state index contributed by atoms with van der Waals surface area (Å²) in [6.45, 7) is 3.05. The van der Waals surface area contributed by atoms with Crippen molar-refractivity contribution in [3.8, 4) is 0 Å². The van der Waals surface area contributed by atoms with E-state index >= 15 is 0 Å². The monoisotopic (exact) mass is 386 g/mol. The molecule has 3 aromatic rings. The maximum atomic E-state index is 13.1. The summed E-state index contributed by atoms with van der Waals surface area (Å²) in [5.41, 5.74) is 2.71. The van der Waals surface area contributed by atoms with Crippen LogP contribution in [0.5, 0.6) is 0 Å². The van der Waals surface area contributed by atoms with Gasteiger partial charge in [-0.3, -0.25) is 9.78 Å². The van der Waals surface area contributed by atoms with E-state index in [0.717, 1.165) is 22.5 Å². The number of carbonyl (C=O) groups is 2. The molecule has 1 amide bonds. The van der Waals surface area contributed by atoms with E-state index in [9.17, 15) is 14.0 Å². The summed E-state index contributed by atoms with van der Waals surface area (Å²) in [6, 6.07) is 11.3. The Hall–Kier alpha value is -2.99. The predicted octanol–water partition coefficient (Wildman–Crippen LogP) is 4.44. The molecule has 0 fully saturated rings. The summed E-state index contributed by atoms with van der Waals surface area (Å²) in [7, 11) is 0. The molecular formula is C20H16ClFN2O3. The van der Waals surface area contributed by atoms with Crippen molar-refractivity contribution in [2.24, 2.45) is 0 Å². The van der Waals surface area contributed by atoms with Gasteiger partial charge in [-0.2, -0.15) is 0 Å². The molecule has 0 aliphatic rings. The quantitative estimate of drug-likeness (QED) is 0.673. The molecule has 0 saturated carbocycles. The van der Waals surface area contributed by atoms with Crippen molar-refractivity contribution >= 4 is 40.1 Å². The molecule has 0 bridgehead atoms. The van der Waals surface area contributed by atoms with Crippen LogP contribution in [0.3, 0.4) is 0 Å². The van der Waals surface area contributed by atoms with Crippen molar-refractivity contribution < 1.29 is 18.7 Å². The van der Waals surface area contributed by atoms with Gasteiger partial charge in [-0.15, -0.1) is 0 Å². The van der Waals surface area contributed by atoms with Crippen LogP contribution in [0.4, 0.5) is 10.1 Å². The Bertz CT molecular complexity index is 1050. The summed E-state index contributed by atoms with van der Waals surface area (Å²) in [5, 5.41) is 3.23. The number of aromatic nitrogens is 1. The van der Waals surface area contributed by atoms with E-state index in [1.807, 2.05) is 31.2 Å². The van der Waals surface area contributed by atoms with Crippen LogP contribution in [-0.2, 0) is 9.53 Å². The molecule has 27 heavy (non-hydrogen) atoms. The van der Waals surface area contributed by atoms with E-state index in [2.05, 4.69) is 10.3 Å². The number of nitrogens with one attached hydrogen (secondary N) is 1. The van der Waals surface area contributed by atoms with Gasteiger partial charge in [-0.05, 0) is 43.7 Å². The number of ether oxygens (including phenoxy) is 1. The van der Waals surface area contributed by atoms with Crippen molar-refractivity contribution in [2.45, 2.75) is 13.8 Å². The zero-order chi connectivity index (χ0) is 19.6. The molecule has 0 atom stereocenters. The lowest BCUT2D eigenvalue weighted by Gasteiger charge is -2.12. The van der Waals surface area contributed by atoms with Crippen LogP contribution in [-0.4, -0.2) is 23.5 Å². The number of esters is 1. The lowest BCUT2D eigenvalue weighted by Crippen LogP contribution is -2.22. The van der Waals surface area contributed by atoms with E-state index in [1.54, 1.807) is 6.92 Å². The highest BCUT2D eigenvalue weighted by Gasteiger charge is 2.19. The number of fused-ring (bicyclic) bond motifs is 1. The van der Waals surface area contributed by atoms with Gasteiger partial charge in [0.1, 0.15) is 5.82 Å². The topological polar surface area (TPSA) is 68.3 Å². The van der Waals surface area contributed by atoms with Crippen molar-refractivity contribution in [2.75, 3.05) is 11.9 Å². The molecule has 0 unspecified atom stereocenters. The van der Waals surface area contributed by atoms with Crippen molar-refractivity contribution in [3.63, 3.8) is 0 Å². The number of para-hydroxylation sites is 1. The van der Waals surface area contributed by atoms with Gasteiger partial charge in [0.2, 0.25) is 0 Å². The minimum atomic E-state index is -0.629. The van der Waals surface area contributed by atoms with Crippen molar-refractivity contribution in [1.82, 2.24) is 4.98 Å². The van der Waals surface area contributed by atoms with Crippen LogP contribution in [0.1, 0.15) is 21.6 Å². The minimum Gasteiger partial charge on any atom is -0.452 e. The smallest absolute Gasteiger partial charge is 0.340 e. The fourth-order valence-corrected chi connectivity index (χ4v) is 2.99. The molecule has 0 saturated heterocycles. The van der Waals surface area contributed by atoms with E-state index in [1.165, 1.54) is 12.1 Å². The number of nitrogens with zero attached hydrogens (tertiary/aromatic N) is 1. The van der Waals surface area contributed by atoms with Crippen LogP contribution in [0, 0.1) is 19.7 Å². The minimum absolute atomic E-state index is 0.113. The van der Waals surface area contributed by atoms with Crippen molar-refractivity contribution in [3.05, 3.63) is 70.1 Å². The number of hydrogen-bond acceptors (Lipinski definition) is 4. The Morgan fingerprint density at radius 1 is 1.19 bits per heavy atom. The Morgan fingerprint density at radius 2 is 1.93 bits per heavy atom. The SMILES string of the molecule is Cc1nc2ccccc2c(C)c1C(=O)OCC(=O)Nc1ccc(F)c(Cl)c1. The molecule has 1 N–H and O–H groups in total. The van der Waals surface area contributed by atoms with Gasteiger partial charge in [0.25, 0.3) is 5.91 Å². The number of pyridine rings is 1. The fraction of sp³-hybridized carbons (Fsp3) is 0.150. The normalized spacial score (nSPS) is 10.7. The standard InChI is InChI=1S/C20H16ClFN2O3/c1-11-14-5-3-4-6-17(14)23-12(2)19(11)20(26)27-10-18(25)24-13-7-8-16(22)15(21)9-13/h3-9H,10H2,1-2H3,(H,24,25). The molecule has 138 valence electrons. The first kappa shape index (κ1) is 18.8. The first-order chi connectivity index (χ1) is 12.9. The summed E-state index contributed by atoms with van der Waals surface area (Å²) < 4.78 is 18.3. The van der Waals surface area contributed by atoms with Crippen LogP contribution >= 0.6 is 11.6 Å². The van der Waals surface area contributed by atoms with Gasteiger partial charge in [-0.25, -0.2) is 9.18 Å². The summed E-state index contributed by atoms with van der Waals surface area (Å²) in [5.74, 6) is -1.78. The van der Waals surface area contributed by atoms with Crippen LogP contribution in [0.15, 0.2) is 42.5 Å². The van der Waals surface area contributed by atoms with Crippen LogP contribution in [0.2, 0.25) is 5.02 Å². The predicted molar refractivity (Wildman–Crippen MR) is 102 cm³/mol. The van der Waals surface area contributed by atoms with Gasteiger partial charge < -0.3 is 10.1 Å². The third kappa shape index (κ3) is 4.06. The average molecular weight is 387 g/mol. The number of halogens is 2. The molecular weight excluding hydrogens is 371 g/mol. The third-order valence-corrected chi connectivity index (χ3v) is 4.36. The lowest BCUT2D eigenvalue weighted by molar-refractivity contribution is -0.119. The van der Waals surface area contributed by atoms with Crippen LogP contribution < -0.4 is 5.32 Å². The third-order valence-electron chi connectivity index (χ3n) is 4.07. The lowest BCUT2D eigenvalue weighted by atomic mass is 10.0. The number of anilines is 1. The Balaban J connectivity index is 1.71. The van der Waals surface area contributed by atoms with Gasteiger partial charge in [0.15, 0.2) is 6.61 Å². The first-order valence-corrected chi connectivity index (χ1v) is 8.52. The van der Waals surface area contributed by atoms with Gasteiger partial charge in [0.05, 0.1) is 21.8 Å². The maximum Gasteiger partial charge on any atom is 0.340 e. The maximum absolute atomic E-state index is 13.1. The summed E-state index contributed by atoms with van der Waals surface area (Å²) in [6.07, 6.45) is 0. The molecule has 0 aliphatic heterocycles. The Morgan fingerprint density at radius 3 is 2.67 bits per heavy atom. The van der Waals surface area contributed by atoms with Gasteiger partial charge in [0, 0.05) is 11.1 Å². The van der Waals surface area contributed by atoms with Crippen molar-refractivity contribution in [1.29, 1.82) is 0 Å². The second-order valence-electron chi connectivity index (χ2n) is 5.97. The number of aryl methyl sites for hydroxylation is 2. The number of rotatable bonds is 4. The molecule has 3 rings (SSSR count). The molecule has 0 aliphatic carbocycles. The molecule has 1 heterocycles. The molecule has 0 radical (unpaired) electrons. The molecule has 0 spiro atoms. The highest BCUT2D eigenvalue weighted by molar-refractivity contribution is 6.31. The second-order valence-corrected chi connectivity index (χ2v) is 6.37. The zero-order valence-electron chi connectivity index (χ0n) is 14.7. The van der Waals surface area contributed by atoms with E-state index < -0.39 is 24.3 Å². The Labute approximate surface area is 160 Å². The highest BCUT2D eigenvalue weighted by atomic mass is 35.5. The summed E-state index contributed by atoms with van der Waals surface area (Å²) >= 11 is 5.67.